The fourth-order valence-corrected chi connectivity index (χ4v) is 4.60. The average molecular weight is 404 g/mol. The Labute approximate surface area is 167 Å². The summed E-state index contributed by atoms with van der Waals surface area (Å²) in [5, 5.41) is 6.28. The van der Waals surface area contributed by atoms with Crippen molar-refractivity contribution in [3.63, 3.8) is 0 Å². The van der Waals surface area contributed by atoms with E-state index in [0.29, 0.717) is 36.9 Å². The fraction of sp³-hybridized carbons (Fsp3) is 0.526. The number of likely N-dealkylation sites (tertiary alicyclic amines) is 1. The maximum Gasteiger partial charge on any atom is 0.269 e. The third-order valence-electron chi connectivity index (χ3n) is 5.26. The predicted molar refractivity (Wildman–Crippen MR) is 107 cm³/mol. The van der Waals surface area contributed by atoms with Gasteiger partial charge in [0.2, 0.25) is 0 Å². The van der Waals surface area contributed by atoms with Gasteiger partial charge >= 0.3 is 0 Å². The third kappa shape index (κ3) is 3.77. The number of ether oxygens (including phenoxy) is 2. The van der Waals surface area contributed by atoms with E-state index in [1.54, 1.807) is 30.3 Å². The summed E-state index contributed by atoms with van der Waals surface area (Å²) in [4.78, 5) is 30.1. The molecule has 4 heterocycles. The number of methoxy groups -OCH3 is 1. The minimum Gasteiger partial charge on any atom is -0.495 e. The van der Waals surface area contributed by atoms with Crippen LogP contribution in [0.5, 0.6) is 5.75 Å². The van der Waals surface area contributed by atoms with Gasteiger partial charge in [-0.15, -0.1) is 11.3 Å². The van der Waals surface area contributed by atoms with E-state index in [0.717, 1.165) is 31.6 Å². The Morgan fingerprint density at radius 1 is 1.32 bits per heavy atom. The number of hydrogen-bond donors (Lipinski definition) is 0. The predicted octanol–water partition coefficient (Wildman–Crippen LogP) is 1.63. The first-order valence-corrected chi connectivity index (χ1v) is 10.4. The highest BCUT2D eigenvalue weighted by molar-refractivity contribution is 7.12. The number of anilines is 1. The number of rotatable bonds is 4. The van der Waals surface area contributed by atoms with E-state index < -0.39 is 0 Å². The monoisotopic (exact) mass is 404 g/mol. The minimum atomic E-state index is -0.128. The maximum atomic E-state index is 12.9. The lowest BCUT2D eigenvalue weighted by molar-refractivity contribution is 0.0672. The molecule has 2 aromatic rings. The zero-order chi connectivity index (χ0) is 19.5. The van der Waals surface area contributed by atoms with Crippen molar-refractivity contribution in [1.82, 2.24) is 14.7 Å². The Morgan fingerprint density at radius 2 is 2.14 bits per heavy atom. The molecule has 0 saturated carbocycles. The van der Waals surface area contributed by atoms with Crippen LogP contribution in [0.25, 0.3) is 0 Å². The quantitative estimate of drug-likeness (QED) is 0.771. The molecule has 0 spiro atoms. The summed E-state index contributed by atoms with van der Waals surface area (Å²) in [5.41, 5.74) is 0.702. The van der Waals surface area contributed by atoms with Crippen LogP contribution in [0, 0.1) is 0 Å². The zero-order valence-corrected chi connectivity index (χ0v) is 16.7. The summed E-state index contributed by atoms with van der Waals surface area (Å²) >= 11 is 1.38. The molecule has 2 saturated heterocycles. The van der Waals surface area contributed by atoms with Crippen molar-refractivity contribution < 1.29 is 14.3 Å². The summed E-state index contributed by atoms with van der Waals surface area (Å²) in [7, 11) is 1.57. The Kier molecular flexibility index (Phi) is 5.63. The first kappa shape index (κ1) is 18.9. The highest BCUT2D eigenvalue weighted by atomic mass is 32.1. The van der Waals surface area contributed by atoms with Crippen molar-refractivity contribution >= 4 is 22.9 Å². The van der Waals surface area contributed by atoms with Gasteiger partial charge in [0, 0.05) is 32.2 Å². The standard InChI is InChI=1S/C19H24N4O4S/c1-26-16-4-10-28-18(16)19(25)22-5-2-3-14(13-22)23-17(24)11-15(12-20-23)21-6-8-27-9-7-21/h4,10-12,14H,2-3,5-9,13H2,1H3. The molecule has 28 heavy (non-hydrogen) atoms. The molecule has 1 unspecified atom stereocenters. The SMILES string of the molecule is COc1ccsc1C(=O)N1CCCC(n2ncc(N3CCOCC3)cc2=O)C1. The molecular formula is C19H24N4O4S. The number of nitrogens with zero attached hydrogens (tertiary/aromatic N) is 4. The fourth-order valence-electron chi connectivity index (χ4n) is 3.77. The molecule has 0 radical (unpaired) electrons. The number of morpholine rings is 1. The lowest BCUT2D eigenvalue weighted by Crippen LogP contribution is -2.43. The summed E-state index contributed by atoms with van der Waals surface area (Å²) in [6.45, 7) is 4.00. The van der Waals surface area contributed by atoms with Crippen molar-refractivity contribution in [3.05, 3.63) is 38.9 Å². The van der Waals surface area contributed by atoms with Crippen LogP contribution in [0.1, 0.15) is 28.6 Å². The molecule has 9 heteroatoms. The molecule has 2 aliphatic heterocycles. The van der Waals surface area contributed by atoms with Gasteiger partial charge < -0.3 is 19.3 Å². The van der Waals surface area contributed by atoms with Crippen LogP contribution in [-0.2, 0) is 4.74 Å². The Balaban J connectivity index is 1.50. The number of piperidine rings is 1. The van der Waals surface area contributed by atoms with Gasteiger partial charge in [-0.3, -0.25) is 9.59 Å². The van der Waals surface area contributed by atoms with Crippen molar-refractivity contribution in [3.8, 4) is 5.75 Å². The van der Waals surface area contributed by atoms with E-state index in [4.69, 9.17) is 9.47 Å². The molecule has 4 rings (SSSR count). The van der Waals surface area contributed by atoms with Crippen LogP contribution in [-0.4, -0.2) is 67.1 Å². The minimum absolute atomic E-state index is 0.0467. The molecular weight excluding hydrogens is 380 g/mol. The smallest absolute Gasteiger partial charge is 0.269 e. The molecule has 1 amide bonds. The number of hydrogen-bond acceptors (Lipinski definition) is 7. The van der Waals surface area contributed by atoms with E-state index in [-0.39, 0.29) is 17.5 Å². The molecule has 0 bridgehead atoms. The van der Waals surface area contributed by atoms with Crippen LogP contribution >= 0.6 is 11.3 Å². The lowest BCUT2D eigenvalue weighted by Gasteiger charge is -2.33. The highest BCUT2D eigenvalue weighted by Crippen LogP contribution is 2.28. The molecule has 1 atom stereocenters. The number of aromatic nitrogens is 2. The van der Waals surface area contributed by atoms with E-state index in [2.05, 4.69) is 10.00 Å². The molecule has 8 nitrogen and oxygen atoms in total. The van der Waals surface area contributed by atoms with Gasteiger partial charge in [0.05, 0.1) is 38.2 Å². The van der Waals surface area contributed by atoms with Gasteiger partial charge in [0.1, 0.15) is 10.6 Å². The van der Waals surface area contributed by atoms with Gasteiger partial charge in [0.15, 0.2) is 0 Å². The summed E-state index contributed by atoms with van der Waals surface area (Å²) in [6.07, 6.45) is 3.41. The largest absolute Gasteiger partial charge is 0.495 e. The normalized spacial score (nSPS) is 20.2. The van der Waals surface area contributed by atoms with Crippen LogP contribution in [0.2, 0.25) is 0 Å². The van der Waals surface area contributed by atoms with Crippen LogP contribution in [0.4, 0.5) is 5.69 Å². The van der Waals surface area contributed by atoms with Gasteiger partial charge in [-0.05, 0) is 24.3 Å². The summed E-state index contributed by atoms with van der Waals surface area (Å²) in [5.74, 6) is 0.553. The van der Waals surface area contributed by atoms with Crippen LogP contribution < -0.4 is 15.2 Å². The zero-order valence-electron chi connectivity index (χ0n) is 15.9. The number of carbonyl (C=O) groups is 1. The number of amides is 1. The molecule has 0 aromatic carbocycles. The topological polar surface area (TPSA) is 76.9 Å². The summed E-state index contributed by atoms with van der Waals surface area (Å²) in [6, 6.07) is 3.33. The Morgan fingerprint density at radius 3 is 2.89 bits per heavy atom. The molecule has 150 valence electrons. The number of thiophene rings is 1. The average Bonchev–Trinajstić information content (AvgIpc) is 3.23. The molecule has 0 aliphatic carbocycles. The Bertz CT molecular complexity index is 890. The van der Waals surface area contributed by atoms with Gasteiger partial charge in [0.25, 0.3) is 11.5 Å². The van der Waals surface area contributed by atoms with Gasteiger partial charge in [-0.25, -0.2) is 4.68 Å². The molecule has 2 fully saturated rings. The van der Waals surface area contributed by atoms with Crippen molar-refractivity contribution in [2.75, 3.05) is 51.4 Å². The second-order valence-corrected chi connectivity index (χ2v) is 7.88. The van der Waals surface area contributed by atoms with E-state index >= 15 is 0 Å². The van der Waals surface area contributed by atoms with Crippen molar-refractivity contribution in [1.29, 1.82) is 0 Å². The third-order valence-corrected chi connectivity index (χ3v) is 6.14. The number of carbonyl (C=O) groups excluding carboxylic acids is 1. The molecule has 2 aromatic heterocycles. The Hall–Kier alpha value is -2.39. The maximum absolute atomic E-state index is 12.9. The van der Waals surface area contributed by atoms with Gasteiger partial charge in [-0.1, -0.05) is 0 Å². The highest BCUT2D eigenvalue weighted by Gasteiger charge is 2.29. The summed E-state index contributed by atoms with van der Waals surface area (Å²) < 4.78 is 12.2. The van der Waals surface area contributed by atoms with Gasteiger partial charge in [-0.2, -0.15) is 5.10 Å². The van der Waals surface area contributed by atoms with Crippen LogP contribution in [0.3, 0.4) is 0 Å². The molecule has 0 N–H and O–H groups in total. The van der Waals surface area contributed by atoms with E-state index in [9.17, 15) is 9.59 Å². The second-order valence-electron chi connectivity index (χ2n) is 6.96. The van der Waals surface area contributed by atoms with E-state index in [1.807, 2.05) is 5.38 Å². The lowest BCUT2D eigenvalue weighted by atomic mass is 10.1. The van der Waals surface area contributed by atoms with Crippen LogP contribution in [0.15, 0.2) is 28.5 Å². The first-order valence-electron chi connectivity index (χ1n) is 9.49. The molecule has 2 aliphatic rings. The van der Waals surface area contributed by atoms with Crippen molar-refractivity contribution in [2.45, 2.75) is 18.9 Å². The van der Waals surface area contributed by atoms with E-state index in [1.165, 1.54) is 16.0 Å². The second kappa shape index (κ2) is 8.32. The first-order chi connectivity index (χ1) is 13.7. The van der Waals surface area contributed by atoms with Crippen molar-refractivity contribution in [2.24, 2.45) is 0 Å².